The summed E-state index contributed by atoms with van der Waals surface area (Å²) in [5.74, 6) is 1.15. The molecule has 0 radical (unpaired) electrons. The van der Waals surface area contributed by atoms with Crippen LogP contribution < -0.4 is 5.32 Å². The van der Waals surface area contributed by atoms with Gasteiger partial charge in [0.15, 0.2) is 5.78 Å². The van der Waals surface area contributed by atoms with Gasteiger partial charge in [0.1, 0.15) is 0 Å². The predicted molar refractivity (Wildman–Crippen MR) is 82.4 cm³/mol. The third-order valence-electron chi connectivity index (χ3n) is 3.81. The van der Waals surface area contributed by atoms with Crippen LogP contribution in [0.1, 0.15) is 40.7 Å². The van der Waals surface area contributed by atoms with Gasteiger partial charge in [-0.25, -0.2) is 9.97 Å². The first-order valence-electron chi connectivity index (χ1n) is 7.32. The number of aromatic nitrogens is 2. The predicted octanol–water partition coefficient (Wildman–Crippen LogP) is 3.16. The van der Waals surface area contributed by atoms with Gasteiger partial charge in [-0.05, 0) is 24.8 Å². The highest BCUT2D eigenvalue weighted by molar-refractivity contribution is 5.99. The summed E-state index contributed by atoms with van der Waals surface area (Å²) in [6.07, 6.45) is 1.46. The number of hydrogen-bond donors (Lipinski definition) is 1. The molecule has 0 saturated heterocycles. The van der Waals surface area contributed by atoms with Crippen molar-refractivity contribution < 1.29 is 4.79 Å². The highest BCUT2D eigenvalue weighted by Gasteiger charge is 2.26. The van der Waals surface area contributed by atoms with Gasteiger partial charge in [-0.1, -0.05) is 37.3 Å². The molecular weight excluding hydrogens is 262 g/mol. The Balaban J connectivity index is 1.83. The molecule has 0 aliphatic heterocycles. The second kappa shape index (κ2) is 5.64. The van der Waals surface area contributed by atoms with Crippen molar-refractivity contribution in [3.8, 4) is 0 Å². The number of hydrogen-bond acceptors (Lipinski definition) is 4. The van der Waals surface area contributed by atoms with E-state index in [1.165, 1.54) is 5.56 Å². The minimum Gasteiger partial charge on any atom is -0.350 e. The van der Waals surface area contributed by atoms with Crippen molar-refractivity contribution in [1.82, 2.24) is 9.97 Å². The van der Waals surface area contributed by atoms with Crippen LogP contribution in [0.5, 0.6) is 0 Å². The van der Waals surface area contributed by atoms with E-state index in [9.17, 15) is 4.79 Å². The Hall–Kier alpha value is -2.23. The first-order valence-corrected chi connectivity index (χ1v) is 7.32. The van der Waals surface area contributed by atoms with Crippen molar-refractivity contribution in [2.24, 2.45) is 5.92 Å². The quantitative estimate of drug-likeness (QED) is 0.939. The maximum absolute atomic E-state index is 12.1. The normalized spacial score (nSPS) is 17.4. The Labute approximate surface area is 124 Å². The van der Waals surface area contributed by atoms with Crippen LogP contribution in [0.25, 0.3) is 0 Å². The van der Waals surface area contributed by atoms with Crippen molar-refractivity contribution >= 4 is 11.7 Å². The van der Waals surface area contributed by atoms with Gasteiger partial charge in [-0.3, -0.25) is 4.79 Å². The van der Waals surface area contributed by atoms with Crippen LogP contribution >= 0.6 is 0 Å². The molecule has 1 heterocycles. The molecule has 4 nitrogen and oxygen atoms in total. The SMILES string of the molecule is Cc1nc(NCc2ccccc2)nc2c1C(=O)C[C@@H](C)C2. The summed E-state index contributed by atoms with van der Waals surface area (Å²) in [6, 6.07) is 10.1. The fraction of sp³-hybridized carbons (Fsp3) is 0.353. The lowest BCUT2D eigenvalue weighted by Gasteiger charge is -2.21. The number of ketones is 1. The lowest BCUT2D eigenvalue weighted by Crippen LogP contribution is -2.22. The number of rotatable bonds is 3. The molecule has 1 aliphatic carbocycles. The Bertz CT molecular complexity index is 667. The maximum atomic E-state index is 12.1. The highest BCUT2D eigenvalue weighted by Crippen LogP contribution is 2.26. The van der Waals surface area contributed by atoms with Crippen LogP contribution in [0.3, 0.4) is 0 Å². The van der Waals surface area contributed by atoms with Crippen LogP contribution in [-0.2, 0) is 13.0 Å². The van der Waals surface area contributed by atoms with Crippen molar-refractivity contribution in [1.29, 1.82) is 0 Å². The molecule has 0 saturated carbocycles. The van der Waals surface area contributed by atoms with Gasteiger partial charge in [0.2, 0.25) is 5.95 Å². The molecule has 1 aromatic heterocycles. The van der Waals surface area contributed by atoms with E-state index in [0.717, 1.165) is 23.4 Å². The summed E-state index contributed by atoms with van der Waals surface area (Å²) in [7, 11) is 0. The first kappa shape index (κ1) is 13.7. The van der Waals surface area contributed by atoms with E-state index in [0.29, 0.717) is 24.8 Å². The molecule has 1 atom stereocenters. The Morgan fingerprint density at radius 3 is 2.71 bits per heavy atom. The average molecular weight is 281 g/mol. The van der Waals surface area contributed by atoms with Crippen molar-refractivity contribution in [2.45, 2.75) is 33.2 Å². The summed E-state index contributed by atoms with van der Waals surface area (Å²) < 4.78 is 0. The van der Waals surface area contributed by atoms with Gasteiger partial charge in [0, 0.05) is 13.0 Å². The maximum Gasteiger partial charge on any atom is 0.223 e. The fourth-order valence-corrected chi connectivity index (χ4v) is 2.82. The molecule has 1 aromatic carbocycles. The van der Waals surface area contributed by atoms with Gasteiger partial charge in [0.25, 0.3) is 0 Å². The second-order valence-corrected chi connectivity index (χ2v) is 5.73. The molecule has 1 N–H and O–H groups in total. The minimum absolute atomic E-state index is 0.177. The lowest BCUT2D eigenvalue weighted by molar-refractivity contribution is 0.0951. The molecule has 0 fully saturated rings. The van der Waals surface area contributed by atoms with E-state index in [1.54, 1.807) is 0 Å². The van der Waals surface area contributed by atoms with E-state index in [-0.39, 0.29) is 5.78 Å². The third kappa shape index (κ3) is 2.94. The lowest BCUT2D eigenvalue weighted by atomic mass is 9.86. The van der Waals surface area contributed by atoms with Gasteiger partial charge in [-0.15, -0.1) is 0 Å². The van der Waals surface area contributed by atoms with E-state index in [2.05, 4.69) is 34.3 Å². The van der Waals surface area contributed by atoms with Gasteiger partial charge in [-0.2, -0.15) is 0 Å². The molecule has 0 unspecified atom stereocenters. The van der Waals surface area contributed by atoms with Gasteiger partial charge in [0.05, 0.1) is 17.0 Å². The standard InChI is InChI=1S/C17H19N3O/c1-11-8-14-16(15(21)9-11)12(2)19-17(20-14)18-10-13-6-4-3-5-7-13/h3-7,11H,8-10H2,1-2H3,(H,18,19,20)/t11-/m0/s1. The smallest absolute Gasteiger partial charge is 0.223 e. The molecule has 0 amide bonds. The zero-order valence-corrected chi connectivity index (χ0v) is 12.4. The van der Waals surface area contributed by atoms with E-state index >= 15 is 0 Å². The molecular formula is C17H19N3O. The first-order chi connectivity index (χ1) is 10.1. The van der Waals surface area contributed by atoms with Crippen molar-refractivity contribution in [3.05, 3.63) is 52.8 Å². The number of Topliss-reactive ketones (excluding diaryl/α,β-unsaturated/α-hetero) is 1. The fourth-order valence-electron chi connectivity index (χ4n) is 2.82. The van der Waals surface area contributed by atoms with Crippen LogP contribution in [0.2, 0.25) is 0 Å². The number of carbonyl (C=O) groups is 1. The molecule has 2 aromatic rings. The number of nitrogens with one attached hydrogen (secondary N) is 1. The monoisotopic (exact) mass is 281 g/mol. The van der Waals surface area contributed by atoms with Crippen LogP contribution in [0, 0.1) is 12.8 Å². The van der Waals surface area contributed by atoms with Crippen molar-refractivity contribution in [2.75, 3.05) is 5.32 Å². The van der Waals surface area contributed by atoms with Gasteiger partial charge >= 0.3 is 0 Å². The third-order valence-corrected chi connectivity index (χ3v) is 3.81. The Morgan fingerprint density at radius 2 is 1.95 bits per heavy atom. The van der Waals surface area contributed by atoms with Crippen molar-refractivity contribution in [3.63, 3.8) is 0 Å². The summed E-state index contributed by atoms with van der Waals surface area (Å²) in [4.78, 5) is 21.1. The Morgan fingerprint density at radius 1 is 1.19 bits per heavy atom. The number of anilines is 1. The summed E-state index contributed by atoms with van der Waals surface area (Å²) in [5, 5.41) is 3.25. The average Bonchev–Trinajstić information content (AvgIpc) is 2.45. The zero-order chi connectivity index (χ0) is 14.8. The van der Waals surface area contributed by atoms with E-state index in [4.69, 9.17) is 0 Å². The van der Waals surface area contributed by atoms with E-state index in [1.807, 2.05) is 25.1 Å². The molecule has 108 valence electrons. The largest absolute Gasteiger partial charge is 0.350 e. The molecule has 0 spiro atoms. The van der Waals surface area contributed by atoms with Crippen LogP contribution in [0.4, 0.5) is 5.95 Å². The summed E-state index contributed by atoms with van der Waals surface area (Å²) >= 11 is 0. The summed E-state index contributed by atoms with van der Waals surface area (Å²) in [5.41, 5.74) is 3.59. The second-order valence-electron chi connectivity index (χ2n) is 5.73. The van der Waals surface area contributed by atoms with E-state index < -0.39 is 0 Å². The number of fused-ring (bicyclic) bond motifs is 1. The number of benzene rings is 1. The molecule has 3 rings (SSSR count). The molecule has 1 aliphatic rings. The Kier molecular flexibility index (Phi) is 3.69. The highest BCUT2D eigenvalue weighted by atomic mass is 16.1. The minimum atomic E-state index is 0.177. The van der Waals surface area contributed by atoms with Crippen LogP contribution in [-0.4, -0.2) is 15.8 Å². The van der Waals surface area contributed by atoms with Crippen LogP contribution in [0.15, 0.2) is 30.3 Å². The number of carbonyl (C=O) groups excluding carboxylic acids is 1. The van der Waals surface area contributed by atoms with Gasteiger partial charge < -0.3 is 5.32 Å². The number of nitrogens with zero attached hydrogens (tertiary/aromatic N) is 2. The summed E-state index contributed by atoms with van der Waals surface area (Å²) in [6.45, 7) is 4.67. The molecule has 0 bridgehead atoms. The molecule has 4 heteroatoms. The topological polar surface area (TPSA) is 54.9 Å². The zero-order valence-electron chi connectivity index (χ0n) is 12.4. The molecule has 21 heavy (non-hydrogen) atoms. The number of aryl methyl sites for hydroxylation is 1.